The molecule has 1 saturated heterocycles. The largest absolute Gasteiger partial charge is 0.417 e. The molecule has 1 fully saturated rings. The number of hydrogen-bond acceptors (Lipinski definition) is 8. The standard InChI is InChI=1S/C34H38N6O4S/c1-5-40-18-17-38(3)30(32(40)41)22-13-15-24(16-14-22)35-31-33(42)39(4)20-27(36-31)25-10-8-11-26(21(25)2)37-34(43)44-29-19-23-9-6-7-12-28(23)45-29/h8,10-11,13-16,19-20,30H,5-7,9,12,17-18H2,1-4H3,(H,35,36)(H,37,43). The number of piperazine rings is 1. The van der Waals surface area contributed by atoms with Crippen molar-refractivity contribution in [1.29, 1.82) is 0 Å². The van der Waals surface area contributed by atoms with Gasteiger partial charge >= 0.3 is 6.09 Å². The van der Waals surface area contributed by atoms with Gasteiger partial charge in [-0.15, -0.1) is 11.3 Å². The van der Waals surface area contributed by atoms with Gasteiger partial charge in [0.1, 0.15) is 6.04 Å². The van der Waals surface area contributed by atoms with Gasteiger partial charge in [0.25, 0.3) is 5.56 Å². The second-order valence-corrected chi connectivity index (χ2v) is 12.8. The highest BCUT2D eigenvalue weighted by atomic mass is 32.1. The van der Waals surface area contributed by atoms with Crippen molar-refractivity contribution in [2.75, 3.05) is 37.3 Å². The van der Waals surface area contributed by atoms with E-state index in [1.54, 1.807) is 24.6 Å². The molecule has 234 valence electrons. The highest BCUT2D eigenvalue weighted by molar-refractivity contribution is 7.14. The molecule has 1 atom stereocenters. The summed E-state index contributed by atoms with van der Waals surface area (Å²) >= 11 is 1.54. The van der Waals surface area contributed by atoms with Crippen molar-refractivity contribution in [2.24, 2.45) is 7.05 Å². The van der Waals surface area contributed by atoms with Gasteiger partial charge in [0.2, 0.25) is 5.91 Å². The van der Waals surface area contributed by atoms with E-state index < -0.39 is 6.09 Å². The van der Waals surface area contributed by atoms with Crippen molar-refractivity contribution in [3.05, 3.63) is 86.6 Å². The lowest BCUT2D eigenvalue weighted by atomic mass is 10.00. The first kappa shape index (κ1) is 30.5. The minimum atomic E-state index is -0.545. The summed E-state index contributed by atoms with van der Waals surface area (Å²) in [6.07, 6.45) is 5.55. The van der Waals surface area contributed by atoms with E-state index in [1.807, 2.05) is 74.3 Å². The van der Waals surface area contributed by atoms with E-state index in [4.69, 9.17) is 4.74 Å². The Balaban J connectivity index is 1.20. The van der Waals surface area contributed by atoms with Crippen molar-refractivity contribution in [3.8, 4) is 16.3 Å². The van der Waals surface area contributed by atoms with Gasteiger partial charge in [0.15, 0.2) is 10.9 Å². The normalized spacial score (nSPS) is 16.8. The average Bonchev–Trinajstić information content (AvgIpc) is 3.43. The highest BCUT2D eigenvalue weighted by Gasteiger charge is 2.33. The van der Waals surface area contributed by atoms with Crippen LogP contribution in [0.1, 0.15) is 47.4 Å². The Morgan fingerprint density at radius 3 is 2.60 bits per heavy atom. The van der Waals surface area contributed by atoms with Crippen LogP contribution in [0.4, 0.5) is 22.0 Å². The number of aryl methyl sites for hydroxylation is 3. The first-order valence-electron chi connectivity index (χ1n) is 15.4. The molecule has 1 aliphatic carbocycles. The molecule has 0 radical (unpaired) electrons. The van der Waals surface area contributed by atoms with Crippen molar-refractivity contribution in [1.82, 2.24) is 19.4 Å². The van der Waals surface area contributed by atoms with E-state index in [0.717, 1.165) is 42.6 Å². The number of aromatic nitrogens is 2. The number of nitrogens with zero attached hydrogens (tertiary/aromatic N) is 4. The van der Waals surface area contributed by atoms with Gasteiger partial charge in [-0.05, 0) is 87.5 Å². The number of thiophene rings is 1. The summed E-state index contributed by atoms with van der Waals surface area (Å²) in [6, 6.07) is 14.8. The van der Waals surface area contributed by atoms with Crippen LogP contribution in [0.5, 0.6) is 5.06 Å². The average molecular weight is 627 g/mol. The van der Waals surface area contributed by atoms with Crippen LogP contribution in [0.15, 0.2) is 59.5 Å². The Morgan fingerprint density at radius 2 is 1.84 bits per heavy atom. The fourth-order valence-corrected chi connectivity index (χ4v) is 7.18. The van der Waals surface area contributed by atoms with Crippen LogP contribution >= 0.6 is 11.3 Å². The lowest BCUT2D eigenvalue weighted by Crippen LogP contribution is -2.50. The number of benzene rings is 2. The fraction of sp³-hybridized carbons (Fsp3) is 0.353. The number of anilines is 3. The predicted molar refractivity (Wildman–Crippen MR) is 178 cm³/mol. The molecule has 2 aromatic heterocycles. The molecule has 4 aromatic rings. The van der Waals surface area contributed by atoms with Crippen LogP contribution < -0.4 is 20.9 Å². The number of hydrogen-bond donors (Lipinski definition) is 2. The molecular weight excluding hydrogens is 588 g/mol. The number of carbonyl (C=O) groups excluding carboxylic acids is 2. The van der Waals surface area contributed by atoms with Crippen LogP contribution in [0.25, 0.3) is 11.3 Å². The summed E-state index contributed by atoms with van der Waals surface area (Å²) < 4.78 is 7.12. The number of rotatable bonds is 7. The smallest absolute Gasteiger partial charge is 0.399 e. The molecule has 1 aliphatic heterocycles. The first-order chi connectivity index (χ1) is 21.7. The summed E-state index contributed by atoms with van der Waals surface area (Å²) in [4.78, 5) is 48.8. The molecule has 2 amide bonds. The Bertz CT molecular complexity index is 1770. The molecule has 10 nitrogen and oxygen atoms in total. The third kappa shape index (κ3) is 6.36. The zero-order valence-electron chi connectivity index (χ0n) is 26.1. The van der Waals surface area contributed by atoms with Crippen molar-refractivity contribution in [2.45, 2.75) is 45.6 Å². The van der Waals surface area contributed by atoms with E-state index in [2.05, 4.69) is 20.5 Å². The molecule has 2 aromatic carbocycles. The summed E-state index contributed by atoms with van der Waals surface area (Å²) in [5.41, 5.74) is 5.33. The lowest BCUT2D eigenvalue weighted by molar-refractivity contribution is -0.140. The maximum Gasteiger partial charge on any atom is 0.417 e. The Labute approximate surface area is 266 Å². The van der Waals surface area contributed by atoms with Crippen molar-refractivity contribution >= 4 is 40.5 Å². The summed E-state index contributed by atoms with van der Waals surface area (Å²) in [6.45, 7) is 6.12. The zero-order chi connectivity index (χ0) is 31.7. The first-order valence-corrected chi connectivity index (χ1v) is 16.2. The van der Waals surface area contributed by atoms with Gasteiger partial charge in [-0.1, -0.05) is 24.3 Å². The van der Waals surface area contributed by atoms with Crippen LogP contribution in [-0.4, -0.2) is 58.0 Å². The topological polar surface area (TPSA) is 109 Å². The maximum atomic E-state index is 13.1. The van der Waals surface area contributed by atoms with E-state index in [1.165, 1.54) is 27.8 Å². The predicted octanol–water partition coefficient (Wildman–Crippen LogP) is 5.89. The molecule has 3 heterocycles. The Morgan fingerprint density at radius 1 is 1.07 bits per heavy atom. The van der Waals surface area contributed by atoms with Gasteiger partial charge in [0.05, 0.1) is 5.69 Å². The van der Waals surface area contributed by atoms with E-state index in [0.29, 0.717) is 28.7 Å². The Hall–Kier alpha value is -4.48. The van der Waals surface area contributed by atoms with Gasteiger partial charge in [-0.2, -0.15) is 0 Å². The molecule has 11 heteroatoms. The molecule has 2 aliphatic rings. The molecule has 6 rings (SSSR count). The van der Waals surface area contributed by atoms with Crippen molar-refractivity contribution in [3.63, 3.8) is 0 Å². The third-order valence-corrected chi connectivity index (χ3v) is 9.78. The van der Waals surface area contributed by atoms with Crippen LogP contribution in [0.3, 0.4) is 0 Å². The number of ether oxygens (including phenoxy) is 1. The zero-order valence-corrected chi connectivity index (χ0v) is 26.9. The lowest BCUT2D eigenvalue weighted by Gasteiger charge is -2.38. The second-order valence-electron chi connectivity index (χ2n) is 11.7. The van der Waals surface area contributed by atoms with Crippen LogP contribution in [0, 0.1) is 6.92 Å². The van der Waals surface area contributed by atoms with Gasteiger partial charge in [-0.3, -0.25) is 19.8 Å². The van der Waals surface area contributed by atoms with Gasteiger partial charge in [-0.25, -0.2) is 9.78 Å². The highest BCUT2D eigenvalue weighted by Crippen LogP contribution is 2.35. The number of likely N-dealkylation sites (N-methyl/N-ethyl adjacent to an activating group) is 2. The number of amides is 2. The van der Waals surface area contributed by atoms with Gasteiger partial charge in [0, 0.05) is 54.7 Å². The molecule has 1 unspecified atom stereocenters. The van der Waals surface area contributed by atoms with E-state index in [-0.39, 0.29) is 23.3 Å². The third-order valence-electron chi connectivity index (χ3n) is 8.66. The van der Waals surface area contributed by atoms with Gasteiger partial charge < -0.3 is 19.5 Å². The maximum absolute atomic E-state index is 13.1. The fourth-order valence-electron chi connectivity index (χ4n) is 6.08. The molecule has 45 heavy (non-hydrogen) atoms. The summed E-state index contributed by atoms with van der Waals surface area (Å²) in [5, 5.41) is 6.65. The quantitative estimate of drug-likeness (QED) is 0.264. The number of fused-ring (bicyclic) bond motifs is 1. The van der Waals surface area contributed by atoms with Crippen LogP contribution in [0.2, 0.25) is 0 Å². The second kappa shape index (κ2) is 12.9. The molecular formula is C34H38N6O4S. The van der Waals surface area contributed by atoms with Crippen molar-refractivity contribution < 1.29 is 14.3 Å². The molecule has 0 spiro atoms. The summed E-state index contributed by atoms with van der Waals surface area (Å²) in [7, 11) is 3.65. The summed E-state index contributed by atoms with van der Waals surface area (Å²) in [5.74, 6) is 0.269. The molecule has 0 saturated carbocycles. The molecule has 0 bridgehead atoms. The number of nitrogens with one attached hydrogen (secondary N) is 2. The minimum absolute atomic E-state index is 0.0979. The van der Waals surface area contributed by atoms with Crippen LogP contribution in [-0.2, 0) is 24.7 Å². The monoisotopic (exact) mass is 626 g/mol. The minimum Gasteiger partial charge on any atom is -0.399 e. The number of carbonyl (C=O) groups is 2. The van der Waals surface area contributed by atoms with E-state index >= 15 is 0 Å². The molecule has 2 N–H and O–H groups in total. The SMILES string of the molecule is CCN1CCN(C)C(c2ccc(Nc3nc(-c4cccc(NC(=O)Oc5cc6c(s5)CCCC6)c4C)cn(C)c3=O)cc2)C1=O. The Kier molecular flexibility index (Phi) is 8.73. The van der Waals surface area contributed by atoms with E-state index in [9.17, 15) is 14.4 Å².